The molecule has 0 aliphatic rings. The molecular formula is C12H11F3N2O6. The smallest absolute Gasteiger partial charge is 0.471 e. The lowest BCUT2D eigenvalue weighted by Crippen LogP contribution is -2.43. The van der Waals surface area contributed by atoms with Crippen molar-refractivity contribution in [3.8, 4) is 0 Å². The van der Waals surface area contributed by atoms with Crippen molar-refractivity contribution in [2.75, 3.05) is 25.2 Å². The van der Waals surface area contributed by atoms with Crippen LogP contribution in [-0.4, -0.2) is 48.3 Å². The van der Waals surface area contributed by atoms with Crippen LogP contribution in [-0.2, 0) is 9.53 Å². The monoisotopic (exact) mass is 336 g/mol. The Morgan fingerprint density at radius 1 is 1.39 bits per heavy atom. The molecule has 11 heteroatoms. The summed E-state index contributed by atoms with van der Waals surface area (Å²) in [7, 11) is 1.18. The second-order valence-electron chi connectivity index (χ2n) is 4.21. The molecule has 0 heterocycles. The highest BCUT2D eigenvalue weighted by Crippen LogP contribution is 2.32. The molecule has 0 fully saturated rings. The molecule has 0 radical (unpaired) electrons. The number of amides is 1. The number of ether oxygens (including phenoxy) is 1. The van der Waals surface area contributed by atoms with Crippen LogP contribution in [0.3, 0.4) is 0 Å². The number of carbonyl (C=O) groups is 2. The second kappa shape index (κ2) is 7.05. The van der Waals surface area contributed by atoms with Crippen molar-refractivity contribution in [3.63, 3.8) is 0 Å². The zero-order valence-corrected chi connectivity index (χ0v) is 11.7. The molecule has 0 aromatic heterocycles. The van der Waals surface area contributed by atoms with Crippen molar-refractivity contribution >= 4 is 23.3 Å². The van der Waals surface area contributed by atoms with Gasteiger partial charge in [0.15, 0.2) is 0 Å². The highest BCUT2D eigenvalue weighted by atomic mass is 19.4. The summed E-state index contributed by atoms with van der Waals surface area (Å²) in [6.45, 7) is -0.901. The summed E-state index contributed by atoms with van der Waals surface area (Å²) in [5, 5.41) is 19.8. The minimum Gasteiger partial charge on any atom is -0.478 e. The molecule has 8 nitrogen and oxygen atoms in total. The van der Waals surface area contributed by atoms with E-state index in [9.17, 15) is 32.9 Å². The number of carboxylic acids is 1. The standard InChI is InChI=1S/C12H11F3N2O6/c1-23-5-4-16(11(20)12(13,14)15)8-3-2-7(10(18)19)6-9(8)17(21)22/h2-3,6H,4-5H2,1H3,(H,18,19). The van der Waals surface area contributed by atoms with Gasteiger partial charge in [-0.3, -0.25) is 19.8 Å². The summed E-state index contributed by atoms with van der Waals surface area (Å²) < 4.78 is 42.6. The number of benzene rings is 1. The summed E-state index contributed by atoms with van der Waals surface area (Å²) in [5.74, 6) is -3.81. The molecule has 0 bridgehead atoms. The Bertz CT molecular complexity index is 632. The van der Waals surface area contributed by atoms with E-state index in [1.807, 2.05) is 0 Å². The average molecular weight is 336 g/mol. The number of hydrogen-bond acceptors (Lipinski definition) is 5. The number of rotatable bonds is 6. The van der Waals surface area contributed by atoms with Crippen molar-refractivity contribution in [2.45, 2.75) is 6.18 Å². The van der Waals surface area contributed by atoms with Crippen LogP contribution in [0.25, 0.3) is 0 Å². The SMILES string of the molecule is COCCN(C(=O)C(F)(F)F)c1ccc(C(=O)O)cc1[N+](=O)[O-]. The van der Waals surface area contributed by atoms with Gasteiger partial charge in [-0.25, -0.2) is 4.79 Å². The number of halogens is 3. The molecular weight excluding hydrogens is 325 g/mol. The van der Waals surface area contributed by atoms with Crippen molar-refractivity contribution in [1.29, 1.82) is 0 Å². The number of alkyl halides is 3. The van der Waals surface area contributed by atoms with Crippen LogP contribution in [0.15, 0.2) is 18.2 Å². The molecule has 0 unspecified atom stereocenters. The fourth-order valence-corrected chi connectivity index (χ4v) is 1.70. The topological polar surface area (TPSA) is 110 Å². The maximum Gasteiger partial charge on any atom is 0.471 e. The van der Waals surface area contributed by atoms with E-state index in [1.54, 1.807) is 0 Å². The van der Waals surface area contributed by atoms with Crippen LogP contribution in [0.1, 0.15) is 10.4 Å². The first-order valence-electron chi connectivity index (χ1n) is 5.99. The molecule has 0 saturated carbocycles. The zero-order valence-electron chi connectivity index (χ0n) is 11.7. The number of carbonyl (C=O) groups excluding carboxylic acids is 1. The largest absolute Gasteiger partial charge is 0.478 e. The minimum atomic E-state index is -5.26. The molecule has 0 saturated heterocycles. The van der Waals surface area contributed by atoms with Crippen LogP contribution in [0.2, 0.25) is 0 Å². The van der Waals surface area contributed by atoms with Gasteiger partial charge in [-0.05, 0) is 12.1 Å². The lowest BCUT2D eigenvalue weighted by Gasteiger charge is -2.23. The zero-order chi connectivity index (χ0) is 17.8. The molecule has 126 valence electrons. The third-order valence-corrected chi connectivity index (χ3v) is 2.72. The number of methoxy groups -OCH3 is 1. The van der Waals surface area contributed by atoms with Gasteiger partial charge in [0.25, 0.3) is 5.69 Å². The van der Waals surface area contributed by atoms with Gasteiger partial charge in [-0.2, -0.15) is 13.2 Å². The second-order valence-corrected chi connectivity index (χ2v) is 4.21. The third-order valence-electron chi connectivity index (χ3n) is 2.72. The number of nitrogens with zero attached hydrogens (tertiary/aromatic N) is 2. The molecule has 1 rings (SSSR count). The van der Waals surface area contributed by atoms with E-state index < -0.39 is 46.5 Å². The average Bonchev–Trinajstić information content (AvgIpc) is 2.46. The first-order valence-corrected chi connectivity index (χ1v) is 5.99. The molecule has 1 aromatic rings. The van der Waals surface area contributed by atoms with E-state index in [4.69, 9.17) is 5.11 Å². The minimum absolute atomic E-state index is 0.132. The van der Waals surface area contributed by atoms with E-state index >= 15 is 0 Å². The van der Waals surface area contributed by atoms with Crippen LogP contribution in [0.5, 0.6) is 0 Å². The highest BCUT2D eigenvalue weighted by Gasteiger charge is 2.44. The van der Waals surface area contributed by atoms with E-state index in [0.29, 0.717) is 6.07 Å². The fourth-order valence-electron chi connectivity index (χ4n) is 1.70. The molecule has 23 heavy (non-hydrogen) atoms. The van der Waals surface area contributed by atoms with E-state index in [0.717, 1.165) is 12.1 Å². The first-order chi connectivity index (χ1) is 10.6. The summed E-state index contributed by atoms with van der Waals surface area (Å²) in [6, 6.07) is 2.23. The van der Waals surface area contributed by atoms with Gasteiger partial charge >= 0.3 is 18.1 Å². The molecule has 0 spiro atoms. The van der Waals surface area contributed by atoms with Gasteiger partial charge in [0.2, 0.25) is 0 Å². The van der Waals surface area contributed by atoms with Crippen molar-refractivity contribution in [1.82, 2.24) is 0 Å². The van der Waals surface area contributed by atoms with Crippen LogP contribution < -0.4 is 4.90 Å². The van der Waals surface area contributed by atoms with Crippen LogP contribution in [0.4, 0.5) is 24.5 Å². The normalized spacial score (nSPS) is 11.1. The first kappa shape index (κ1) is 18.4. The van der Waals surface area contributed by atoms with Gasteiger partial charge < -0.3 is 9.84 Å². The fraction of sp³-hybridized carbons (Fsp3) is 0.333. The van der Waals surface area contributed by atoms with E-state index in [1.165, 1.54) is 7.11 Å². The van der Waals surface area contributed by atoms with Crippen molar-refractivity contribution in [2.24, 2.45) is 0 Å². The maximum absolute atomic E-state index is 12.7. The van der Waals surface area contributed by atoms with Gasteiger partial charge in [0.05, 0.1) is 17.1 Å². The summed E-state index contributed by atoms with van der Waals surface area (Å²) in [4.78, 5) is 32.4. The molecule has 0 aliphatic heterocycles. The molecule has 0 atom stereocenters. The van der Waals surface area contributed by atoms with Crippen molar-refractivity contribution in [3.05, 3.63) is 33.9 Å². The number of nitro benzene ring substituents is 1. The van der Waals surface area contributed by atoms with Crippen LogP contribution >= 0.6 is 0 Å². The maximum atomic E-state index is 12.7. The highest BCUT2D eigenvalue weighted by molar-refractivity contribution is 6.00. The predicted octanol–water partition coefficient (Wildman–Crippen LogP) is 1.83. The Kier molecular flexibility index (Phi) is 5.62. The third kappa shape index (κ3) is 4.39. The number of hydrogen-bond donors (Lipinski definition) is 1. The lowest BCUT2D eigenvalue weighted by atomic mass is 10.1. The number of carboxylic acid groups (broad SMARTS) is 1. The van der Waals surface area contributed by atoms with E-state index in [-0.39, 0.29) is 11.5 Å². The predicted molar refractivity (Wildman–Crippen MR) is 70.3 cm³/mol. The Morgan fingerprint density at radius 2 is 2.00 bits per heavy atom. The summed E-state index contributed by atoms with van der Waals surface area (Å²) >= 11 is 0. The number of aromatic carboxylic acids is 1. The van der Waals surface area contributed by atoms with Gasteiger partial charge in [-0.15, -0.1) is 0 Å². The Labute approximate surface area is 127 Å². The molecule has 1 N–H and O–H groups in total. The van der Waals surface area contributed by atoms with E-state index in [2.05, 4.69) is 4.74 Å². The summed E-state index contributed by atoms with van der Waals surface area (Å²) in [6.07, 6.45) is -5.26. The molecule has 1 aromatic carbocycles. The van der Waals surface area contributed by atoms with Gasteiger partial charge in [0, 0.05) is 19.7 Å². The van der Waals surface area contributed by atoms with Crippen LogP contribution in [0, 0.1) is 10.1 Å². The number of anilines is 1. The van der Waals surface area contributed by atoms with Gasteiger partial charge in [-0.1, -0.05) is 0 Å². The lowest BCUT2D eigenvalue weighted by molar-refractivity contribution is -0.384. The Morgan fingerprint density at radius 3 is 2.43 bits per heavy atom. The van der Waals surface area contributed by atoms with Crippen molar-refractivity contribution < 1.29 is 37.5 Å². The number of nitro groups is 1. The molecule has 0 aliphatic carbocycles. The van der Waals surface area contributed by atoms with Gasteiger partial charge in [0.1, 0.15) is 5.69 Å². The summed E-state index contributed by atoms with van der Waals surface area (Å²) in [5.41, 5.74) is -2.09. The Hall–Kier alpha value is -2.69. The molecule has 1 amide bonds. The quantitative estimate of drug-likeness (QED) is 0.627. The Balaban J connectivity index is 3.43.